The molecule has 0 aromatic heterocycles. The lowest BCUT2D eigenvalue weighted by atomic mass is 9.97. The van der Waals surface area contributed by atoms with Crippen LogP contribution in [0.1, 0.15) is 24.1 Å². The van der Waals surface area contributed by atoms with E-state index in [4.69, 9.17) is 9.47 Å². The molecule has 0 radical (unpaired) electrons. The number of rotatable bonds is 6. The highest BCUT2D eigenvalue weighted by Crippen LogP contribution is 2.31. The van der Waals surface area contributed by atoms with Crippen LogP contribution in [-0.4, -0.2) is 20.8 Å². The molecule has 0 amide bonds. The van der Waals surface area contributed by atoms with Crippen LogP contribution in [0.5, 0.6) is 11.5 Å². The minimum absolute atomic E-state index is 0.133. The number of methoxy groups -OCH3 is 2. The summed E-state index contributed by atoms with van der Waals surface area (Å²) in [5.74, 6) is 0.654. The number of hydrogen-bond donors (Lipinski definition) is 1. The van der Waals surface area contributed by atoms with E-state index >= 15 is 0 Å². The predicted molar refractivity (Wildman–Crippen MR) is 81.5 cm³/mol. The molecule has 3 nitrogen and oxygen atoms in total. The highest BCUT2D eigenvalue weighted by atomic mass is 19.1. The summed E-state index contributed by atoms with van der Waals surface area (Å²) < 4.78 is 24.3. The van der Waals surface area contributed by atoms with E-state index in [1.807, 2.05) is 37.3 Å². The molecule has 0 aliphatic heterocycles. The van der Waals surface area contributed by atoms with E-state index in [-0.39, 0.29) is 17.6 Å². The second kappa shape index (κ2) is 7.09. The van der Waals surface area contributed by atoms with Crippen LogP contribution in [0.15, 0.2) is 42.5 Å². The Morgan fingerprint density at radius 1 is 1.05 bits per heavy atom. The average molecular weight is 289 g/mol. The maximum Gasteiger partial charge on any atom is 0.165 e. The van der Waals surface area contributed by atoms with E-state index < -0.39 is 0 Å². The molecular formula is C17H20FNO2. The summed E-state index contributed by atoms with van der Waals surface area (Å²) in [4.78, 5) is 0. The number of nitrogens with one attached hydrogen (secondary N) is 1. The lowest BCUT2D eigenvalue weighted by molar-refractivity contribution is 0.385. The molecule has 0 fully saturated rings. The number of para-hydroxylation sites is 1. The lowest BCUT2D eigenvalue weighted by Crippen LogP contribution is -2.22. The second-order valence-corrected chi connectivity index (χ2v) is 4.63. The van der Waals surface area contributed by atoms with Crippen molar-refractivity contribution in [2.45, 2.75) is 13.0 Å². The molecular weight excluding hydrogens is 269 g/mol. The minimum atomic E-state index is -0.368. The fourth-order valence-corrected chi connectivity index (χ4v) is 2.38. The van der Waals surface area contributed by atoms with Gasteiger partial charge in [0.1, 0.15) is 5.75 Å². The third-order valence-corrected chi connectivity index (χ3v) is 3.37. The molecule has 1 atom stereocenters. The van der Waals surface area contributed by atoms with Gasteiger partial charge < -0.3 is 14.8 Å². The molecule has 0 bridgehead atoms. The zero-order valence-corrected chi connectivity index (χ0v) is 12.5. The molecule has 112 valence electrons. The van der Waals surface area contributed by atoms with Gasteiger partial charge in [0.2, 0.25) is 0 Å². The maximum absolute atomic E-state index is 14.0. The zero-order chi connectivity index (χ0) is 15.2. The molecule has 2 rings (SSSR count). The van der Waals surface area contributed by atoms with Gasteiger partial charge in [-0.1, -0.05) is 31.2 Å². The smallest absolute Gasteiger partial charge is 0.165 e. The lowest BCUT2D eigenvalue weighted by Gasteiger charge is -2.21. The number of hydrogen-bond acceptors (Lipinski definition) is 3. The molecule has 4 heteroatoms. The van der Waals surface area contributed by atoms with Crippen molar-refractivity contribution < 1.29 is 13.9 Å². The first-order chi connectivity index (χ1) is 10.2. The van der Waals surface area contributed by atoms with Crippen molar-refractivity contribution in [3.63, 3.8) is 0 Å². The van der Waals surface area contributed by atoms with Gasteiger partial charge >= 0.3 is 0 Å². The van der Waals surface area contributed by atoms with E-state index in [1.54, 1.807) is 13.2 Å². The van der Waals surface area contributed by atoms with Crippen molar-refractivity contribution in [3.8, 4) is 11.5 Å². The van der Waals surface area contributed by atoms with Gasteiger partial charge in [0, 0.05) is 5.56 Å². The fourth-order valence-electron chi connectivity index (χ4n) is 2.38. The summed E-state index contributed by atoms with van der Waals surface area (Å²) in [6.07, 6.45) is 0. The molecule has 0 saturated carbocycles. The van der Waals surface area contributed by atoms with Gasteiger partial charge in [-0.3, -0.25) is 0 Å². The summed E-state index contributed by atoms with van der Waals surface area (Å²) in [5.41, 5.74) is 1.81. The third-order valence-electron chi connectivity index (χ3n) is 3.37. The summed E-state index contributed by atoms with van der Waals surface area (Å²) in [6.45, 7) is 2.78. The quantitative estimate of drug-likeness (QED) is 0.882. The van der Waals surface area contributed by atoms with Crippen LogP contribution < -0.4 is 14.8 Å². The van der Waals surface area contributed by atoms with E-state index in [0.29, 0.717) is 0 Å². The van der Waals surface area contributed by atoms with Crippen molar-refractivity contribution in [2.24, 2.45) is 0 Å². The third kappa shape index (κ3) is 3.34. The fraction of sp³-hybridized carbons (Fsp3) is 0.294. The van der Waals surface area contributed by atoms with Gasteiger partial charge in [0.25, 0.3) is 0 Å². The van der Waals surface area contributed by atoms with E-state index in [0.717, 1.165) is 23.4 Å². The molecule has 2 aromatic carbocycles. The van der Waals surface area contributed by atoms with Gasteiger partial charge in [0.15, 0.2) is 11.6 Å². The van der Waals surface area contributed by atoms with E-state index in [9.17, 15) is 4.39 Å². The Kier molecular flexibility index (Phi) is 5.17. The van der Waals surface area contributed by atoms with E-state index in [2.05, 4.69) is 5.32 Å². The van der Waals surface area contributed by atoms with Crippen molar-refractivity contribution in [1.82, 2.24) is 5.32 Å². The molecule has 0 saturated heterocycles. The Morgan fingerprint density at radius 2 is 1.76 bits per heavy atom. The second-order valence-electron chi connectivity index (χ2n) is 4.63. The zero-order valence-electron chi connectivity index (χ0n) is 12.5. The van der Waals surface area contributed by atoms with E-state index in [1.165, 1.54) is 13.2 Å². The highest BCUT2D eigenvalue weighted by molar-refractivity contribution is 5.43. The minimum Gasteiger partial charge on any atom is -0.496 e. The highest BCUT2D eigenvalue weighted by Gasteiger charge is 2.18. The number of halogens is 1. The van der Waals surface area contributed by atoms with Crippen LogP contribution >= 0.6 is 0 Å². The molecule has 0 spiro atoms. The molecule has 0 aliphatic carbocycles. The van der Waals surface area contributed by atoms with Gasteiger partial charge in [-0.15, -0.1) is 0 Å². The first-order valence-electron chi connectivity index (χ1n) is 6.91. The summed E-state index contributed by atoms with van der Waals surface area (Å²) in [5, 5.41) is 3.37. The van der Waals surface area contributed by atoms with Crippen molar-refractivity contribution in [2.75, 3.05) is 20.8 Å². The predicted octanol–water partition coefficient (Wildman–Crippen LogP) is 3.54. The molecule has 1 N–H and O–H groups in total. The topological polar surface area (TPSA) is 30.5 Å². The molecule has 0 aliphatic rings. The van der Waals surface area contributed by atoms with Crippen LogP contribution in [0.25, 0.3) is 0 Å². The molecule has 1 unspecified atom stereocenters. The Morgan fingerprint density at radius 3 is 2.38 bits per heavy atom. The number of ether oxygens (including phenoxy) is 2. The summed E-state index contributed by atoms with van der Waals surface area (Å²) in [7, 11) is 3.09. The SMILES string of the molecule is CCNC(c1ccc(OC)c(F)c1)c1ccccc1OC. The standard InChI is InChI=1S/C17H20FNO2/c1-4-19-17(13-7-5-6-8-15(13)20-2)12-9-10-16(21-3)14(18)11-12/h5-11,17,19H,4H2,1-3H3. The van der Waals surface area contributed by atoms with Crippen LogP contribution in [0.2, 0.25) is 0 Å². The monoisotopic (exact) mass is 289 g/mol. The van der Waals surface area contributed by atoms with Crippen LogP contribution in [0.4, 0.5) is 4.39 Å². The Bertz CT molecular complexity index is 601. The first-order valence-corrected chi connectivity index (χ1v) is 6.91. The Hall–Kier alpha value is -2.07. The normalized spacial score (nSPS) is 12.0. The van der Waals surface area contributed by atoms with Crippen molar-refractivity contribution >= 4 is 0 Å². The summed E-state index contributed by atoms with van der Waals surface area (Å²) >= 11 is 0. The van der Waals surface area contributed by atoms with Crippen molar-refractivity contribution in [3.05, 3.63) is 59.4 Å². The van der Waals surface area contributed by atoms with Crippen molar-refractivity contribution in [1.29, 1.82) is 0 Å². The van der Waals surface area contributed by atoms with Crippen LogP contribution in [0.3, 0.4) is 0 Å². The number of benzene rings is 2. The average Bonchev–Trinajstić information content (AvgIpc) is 2.52. The van der Waals surface area contributed by atoms with Gasteiger partial charge in [-0.2, -0.15) is 0 Å². The van der Waals surface area contributed by atoms with Crippen LogP contribution in [0, 0.1) is 5.82 Å². The Balaban J connectivity index is 2.45. The van der Waals surface area contributed by atoms with Gasteiger partial charge in [0.05, 0.1) is 20.3 Å². The largest absolute Gasteiger partial charge is 0.496 e. The van der Waals surface area contributed by atoms with Gasteiger partial charge in [-0.25, -0.2) is 4.39 Å². The summed E-state index contributed by atoms with van der Waals surface area (Å²) in [6, 6.07) is 12.6. The Labute approximate surface area is 124 Å². The molecule has 2 aromatic rings. The van der Waals surface area contributed by atoms with Gasteiger partial charge in [-0.05, 0) is 30.3 Å². The maximum atomic E-state index is 14.0. The molecule has 0 heterocycles. The van der Waals surface area contributed by atoms with Crippen LogP contribution in [-0.2, 0) is 0 Å². The molecule has 21 heavy (non-hydrogen) atoms. The first kappa shape index (κ1) is 15.3.